The van der Waals surface area contributed by atoms with Gasteiger partial charge >= 0.3 is 0 Å². The molecule has 0 radical (unpaired) electrons. The highest BCUT2D eigenvalue weighted by molar-refractivity contribution is 7.98. The molecule has 6 heteroatoms. The molecule has 0 fully saturated rings. The summed E-state index contributed by atoms with van der Waals surface area (Å²) in [4.78, 5) is 30.9. The Morgan fingerprint density at radius 1 is 0.794 bits per heavy atom. The lowest BCUT2D eigenvalue weighted by Crippen LogP contribution is -2.45. The van der Waals surface area contributed by atoms with Crippen molar-refractivity contribution in [2.45, 2.75) is 23.1 Å². The maximum absolute atomic E-state index is 13.1. The van der Waals surface area contributed by atoms with Gasteiger partial charge in [-0.3, -0.25) is 14.6 Å². The van der Waals surface area contributed by atoms with Gasteiger partial charge in [0.2, 0.25) is 5.91 Å². The largest absolute Gasteiger partial charge is 0.340 e. The number of aromatic nitrogens is 1. The van der Waals surface area contributed by atoms with Crippen LogP contribution < -0.4 is 10.6 Å². The Morgan fingerprint density at radius 3 is 2.12 bits per heavy atom. The van der Waals surface area contributed by atoms with Crippen LogP contribution in [-0.2, 0) is 17.0 Å². The molecule has 3 aromatic carbocycles. The monoisotopic (exact) mass is 467 g/mol. The lowest BCUT2D eigenvalue weighted by molar-refractivity contribution is -0.118. The molecule has 170 valence electrons. The Hall–Kier alpha value is -3.90. The number of anilines is 1. The van der Waals surface area contributed by atoms with Crippen LogP contribution in [0.25, 0.3) is 0 Å². The van der Waals surface area contributed by atoms with E-state index in [1.54, 1.807) is 30.1 Å². The van der Waals surface area contributed by atoms with Gasteiger partial charge in [0.05, 0.1) is 5.56 Å². The van der Waals surface area contributed by atoms with Crippen molar-refractivity contribution in [3.05, 3.63) is 126 Å². The fourth-order valence-corrected chi connectivity index (χ4v) is 4.26. The number of hydrogen-bond acceptors (Lipinski definition) is 4. The van der Waals surface area contributed by atoms with Crippen molar-refractivity contribution < 1.29 is 9.59 Å². The molecule has 5 nitrogen and oxygen atoms in total. The molecule has 1 atom stereocenters. The number of nitrogens with zero attached hydrogens (tertiary/aromatic N) is 1. The number of carbonyl (C=O) groups excluding carboxylic acids is 2. The highest BCUT2D eigenvalue weighted by Gasteiger charge is 2.22. The topological polar surface area (TPSA) is 71.1 Å². The number of nitrogens with one attached hydrogen (secondary N) is 2. The molecule has 0 aliphatic carbocycles. The van der Waals surface area contributed by atoms with Crippen LogP contribution in [0.15, 0.2) is 114 Å². The normalized spacial score (nSPS) is 11.4. The maximum atomic E-state index is 13.1. The highest BCUT2D eigenvalue weighted by Crippen LogP contribution is 2.24. The van der Waals surface area contributed by atoms with Crippen molar-refractivity contribution in [2.75, 3.05) is 5.32 Å². The zero-order valence-corrected chi connectivity index (χ0v) is 19.4. The molecule has 1 heterocycles. The second kappa shape index (κ2) is 11.8. The molecule has 0 aliphatic rings. The second-order valence-corrected chi connectivity index (χ2v) is 8.79. The number of carbonyl (C=O) groups is 2. The Morgan fingerprint density at radius 2 is 1.47 bits per heavy atom. The first-order valence-corrected chi connectivity index (χ1v) is 12.0. The van der Waals surface area contributed by atoms with Crippen LogP contribution >= 0.6 is 11.8 Å². The van der Waals surface area contributed by atoms with E-state index >= 15 is 0 Å². The van der Waals surface area contributed by atoms with Gasteiger partial charge in [0.15, 0.2) is 0 Å². The third-order valence-electron chi connectivity index (χ3n) is 5.20. The molecule has 34 heavy (non-hydrogen) atoms. The predicted molar refractivity (Wildman–Crippen MR) is 137 cm³/mol. The zero-order valence-electron chi connectivity index (χ0n) is 18.6. The van der Waals surface area contributed by atoms with Crippen LogP contribution in [0.1, 0.15) is 21.5 Å². The minimum Gasteiger partial charge on any atom is -0.340 e. The van der Waals surface area contributed by atoms with Crippen LogP contribution in [0.3, 0.4) is 0 Å². The van der Waals surface area contributed by atoms with Crippen LogP contribution in [-0.4, -0.2) is 22.8 Å². The van der Waals surface area contributed by atoms with Crippen LogP contribution in [0.4, 0.5) is 5.69 Å². The summed E-state index contributed by atoms with van der Waals surface area (Å²) in [6, 6.07) is 30.3. The van der Waals surface area contributed by atoms with Gasteiger partial charge in [-0.1, -0.05) is 60.7 Å². The number of hydrogen-bond donors (Lipinski definition) is 2. The number of amides is 2. The van der Waals surface area contributed by atoms with E-state index in [1.165, 1.54) is 11.8 Å². The molecule has 0 bridgehead atoms. The molecule has 0 aliphatic heterocycles. The first-order chi connectivity index (χ1) is 16.7. The fraction of sp³-hybridized carbons (Fsp3) is 0.107. The smallest absolute Gasteiger partial charge is 0.253 e. The summed E-state index contributed by atoms with van der Waals surface area (Å²) in [6.07, 6.45) is 3.47. The van der Waals surface area contributed by atoms with Crippen molar-refractivity contribution >= 4 is 29.3 Å². The summed E-state index contributed by atoms with van der Waals surface area (Å²) in [5.74, 6) is 0.272. The SMILES string of the molecule is O=C(NC(Cc1ccccc1)C(=O)Nc1ccc(SCc2ccccc2)cc1)c1cccnc1. The molecule has 2 N–H and O–H groups in total. The van der Waals surface area contributed by atoms with Gasteiger partial charge in [-0.05, 0) is 47.5 Å². The first-order valence-electron chi connectivity index (χ1n) is 11.0. The molecule has 1 unspecified atom stereocenters. The summed E-state index contributed by atoms with van der Waals surface area (Å²) < 4.78 is 0. The van der Waals surface area contributed by atoms with Crippen LogP contribution in [0, 0.1) is 0 Å². The molecule has 0 spiro atoms. The van der Waals surface area contributed by atoms with E-state index in [0.29, 0.717) is 17.7 Å². The van der Waals surface area contributed by atoms with Gasteiger partial charge in [0.25, 0.3) is 5.91 Å². The van der Waals surface area contributed by atoms with Gasteiger partial charge in [0.1, 0.15) is 6.04 Å². The average Bonchev–Trinajstić information content (AvgIpc) is 2.89. The van der Waals surface area contributed by atoms with E-state index in [-0.39, 0.29) is 11.8 Å². The van der Waals surface area contributed by atoms with E-state index in [2.05, 4.69) is 27.8 Å². The van der Waals surface area contributed by atoms with E-state index < -0.39 is 6.04 Å². The van der Waals surface area contributed by atoms with E-state index in [4.69, 9.17) is 0 Å². The molecule has 1 aromatic heterocycles. The first kappa shape index (κ1) is 23.3. The number of rotatable bonds is 9. The third-order valence-corrected chi connectivity index (χ3v) is 6.28. The fourth-order valence-electron chi connectivity index (χ4n) is 3.40. The molecule has 0 saturated heterocycles. The number of benzene rings is 3. The van der Waals surface area contributed by atoms with E-state index in [1.807, 2.05) is 72.8 Å². The third kappa shape index (κ3) is 6.80. The summed E-state index contributed by atoms with van der Waals surface area (Å²) in [5.41, 5.74) is 3.32. The van der Waals surface area contributed by atoms with Crippen molar-refractivity contribution in [3.8, 4) is 0 Å². The lowest BCUT2D eigenvalue weighted by Gasteiger charge is -2.19. The lowest BCUT2D eigenvalue weighted by atomic mass is 10.0. The zero-order chi connectivity index (χ0) is 23.6. The van der Waals surface area contributed by atoms with Crippen molar-refractivity contribution in [1.29, 1.82) is 0 Å². The van der Waals surface area contributed by atoms with Gasteiger partial charge in [-0.2, -0.15) is 0 Å². The van der Waals surface area contributed by atoms with Gasteiger partial charge in [-0.15, -0.1) is 11.8 Å². The van der Waals surface area contributed by atoms with Crippen LogP contribution in [0.5, 0.6) is 0 Å². The van der Waals surface area contributed by atoms with E-state index in [0.717, 1.165) is 16.2 Å². The molecular weight excluding hydrogens is 442 g/mol. The Labute approximate surface area is 203 Å². The molecule has 2 amide bonds. The molecule has 4 aromatic rings. The van der Waals surface area contributed by atoms with Crippen LogP contribution in [0.2, 0.25) is 0 Å². The standard InChI is InChI=1S/C28H25N3O2S/c32-27(23-12-7-17-29-19-23)31-26(18-21-8-3-1-4-9-21)28(33)30-24-13-15-25(16-14-24)34-20-22-10-5-2-6-11-22/h1-17,19,26H,18,20H2,(H,30,33)(H,31,32). The number of thioether (sulfide) groups is 1. The van der Waals surface area contributed by atoms with Gasteiger partial charge in [-0.25, -0.2) is 0 Å². The number of pyridine rings is 1. The minimum atomic E-state index is -0.734. The molecule has 4 rings (SSSR count). The van der Waals surface area contributed by atoms with Crippen molar-refractivity contribution in [1.82, 2.24) is 10.3 Å². The average molecular weight is 468 g/mol. The van der Waals surface area contributed by atoms with E-state index in [9.17, 15) is 9.59 Å². The Bertz CT molecular complexity index is 1200. The summed E-state index contributed by atoms with van der Waals surface area (Å²) in [7, 11) is 0. The predicted octanol–water partition coefficient (Wildman–Crippen LogP) is 5.35. The Kier molecular flexibility index (Phi) is 8.08. The summed E-state index contributed by atoms with van der Waals surface area (Å²) in [5, 5.41) is 5.80. The summed E-state index contributed by atoms with van der Waals surface area (Å²) >= 11 is 1.74. The minimum absolute atomic E-state index is 0.272. The Balaban J connectivity index is 1.41. The van der Waals surface area contributed by atoms with Gasteiger partial charge < -0.3 is 10.6 Å². The summed E-state index contributed by atoms with van der Waals surface area (Å²) in [6.45, 7) is 0. The quantitative estimate of drug-likeness (QED) is 0.325. The van der Waals surface area contributed by atoms with Gasteiger partial charge in [0, 0.05) is 35.2 Å². The maximum Gasteiger partial charge on any atom is 0.253 e. The molecular formula is C28H25N3O2S. The molecule has 0 saturated carbocycles. The second-order valence-electron chi connectivity index (χ2n) is 7.75. The highest BCUT2D eigenvalue weighted by atomic mass is 32.2. The van der Waals surface area contributed by atoms with Crippen molar-refractivity contribution in [2.24, 2.45) is 0 Å². The van der Waals surface area contributed by atoms with Crippen molar-refractivity contribution in [3.63, 3.8) is 0 Å².